The number of nitrogens with one attached hydrogen (secondary N) is 1. The molecule has 0 atom stereocenters. The van der Waals surface area contributed by atoms with Crippen LogP contribution in [0.4, 0.5) is 5.82 Å². The Hall–Kier alpha value is -3.32. The molecule has 0 saturated carbocycles. The number of imidazole rings is 1. The van der Waals surface area contributed by atoms with Gasteiger partial charge in [0.2, 0.25) is 5.28 Å². The molecule has 29 heavy (non-hydrogen) atoms. The van der Waals surface area contributed by atoms with E-state index in [1.807, 2.05) is 48.5 Å². The zero-order chi connectivity index (χ0) is 20.2. The lowest BCUT2D eigenvalue weighted by molar-refractivity contribution is 0.414. The van der Waals surface area contributed by atoms with Crippen LogP contribution in [0.2, 0.25) is 5.28 Å². The molecule has 4 rings (SSSR count). The van der Waals surface area contributed by atoms with E-state index in [0.29, 0.717) is 30.1 Å². The zero-order valence-electron chi connectivity index (χ0n) is 16.1. The molecule has 1 N–H and O–H groups in total. The van der Waals surface area contributed by atoms with Gasteiger partial charge in [0.1, 0.15) is 11.5 Å². The molecule has 148 valence electrons. The lowest BCUT2D eigenvalue weighted by atomic mass is 10.1. The van der Waals surface area contributed by atoms with Crippen LogP contribution in [0.15, 0.2) is 54.9 Å². The summed E-state index contributed by atoms with van der Waals surface area (Å²) in [6.07, 6.45) is 1.60. The third-order valence-corrected chi connectivity index (χ3v) is 4.77. The summed E-state index contributed by atoms with van der Waals surface area (Å²) < 4.78 is 10.5. The average Bonchev–Trinajstić information content (AvgIpc) is 3.22. The molecule has 0 amide bonds. The highest BCUT2D eigenvalue weighted by atomic mass is 35.5. The molecular weight excluding hydrogens is 390 g/mol. The quantitative estimate of drug-likeness (QED) is 0.460. The van der Waals surface area contributed by atoms with Crippen LogP contribution in [0.25, 0.3) is 11.2 Å². The summed E-state index contributed by atoms with van der Waals surface area (Å²) >= 11 is 6.18. The molecule has 0 bridgehead atoms. The number of methoxy groups -OCH3 is 2. The molecule has 2 heterocycles. The number of aromatic amines is 1. The van der Waals surface area contributed by atoms with Crippen LogP contribution in [0.3, 0.4) is 0 Å². The Morgan fingerprint density at radius 2 is 1.41 bits per heavy atom. The standard InChI is InChI=1S/C21H20ClN5O2/c1-28-16-7-3-14(4-8-16)11-27(12-15-5-9-17(29-2)10-6-15)20-18-19(24-13-23-18)25-21(22)26-20/h3-10,13H,11-12H2,1-2H3,(H,23,24,25,26). The molecule has 0 aliphatic heterocycles. The molecule has 2 aromatic heterocycles. The minimum absolute atomic E-state index is 0.172. The van der Waals surface area contributed by atoms with Gasteiger partial charge in [-0.15, -0.1) is 0 Å². The van der Waals surface area contributed by atoms with Crippen molar-refractivity contribution in [3.8, 4) is 11.5 Å². The largest absolute Gasteiger partial charge is 0.497 e. The van der Waals surface area contributed by atoms with Gasteiger partial charge in [0.05, 0.1) is 20.5 Å². The van der Waals surface area contributed by atoms with Crippen molar-refractivity contribution in [3.63, 3.8) is 0 Å². The van der Waals surface area contributed by atoms with E-state index in [1.54, 1.807) is 20.5 Å². The van der Waals surface area contributed by atoms with E-state index < -0.39 is 0 Å². The highest BCUT2D eigenvalue weighted by Crippen LogP contribution is 2.27. The fourth-order valence-electron chi connectivity index (χ4n) is 3.12. The number of benzene rings is 2. The number of hydrogen-bond acceptors (Lipinski definition) is 6. The second kappa shape index (κ2) is 8.36. The molecule has 4 aromatic rings. The summed E-state index contributed by atoms with van der Waals surface area (Å²) in [4.78, 5) is 18.2. The predicted molar refractivity (Wildman–Crippen MR) is 113 cm³/mol. The first kappa shape index (κ1) is 19.0. The van der Waals surface area contributed by atoms with Crippen molar-refractivity contribution in [2.24, 2.45) is 0 Å². The number of ether oxygens (including phenoxy) is 2. The summed E-state index contributed by atoms with van der Waals surface area (Å²) in [6.45, 7) is 1.23. The Labute approximate surface area is 173 Å². The second-order valence-electron chi connectivity index (χ2n) is 6.47. The number of halogens is 1. The molecule has 0 spiro atoms. The van der Waals surface area contributed by atoms with Crippen LogP contribution < -0.4 is 14.4 Å². The van der Waals surface area contributed by atoms with Gasteiger partial charge in [-0.1, -0.05) is 24.3 Å². The number of aromatic nitrogens is 4. The fraction of sp³-hybridized carbons (Fsp3) is 0.190. The SMILES string of the molecule is COc1ccc(CN(Cc2ccc(OC)cc2)c2nc(Cl)nc3[nH]cnc23)cc1. The molecule has 0 aliphatic rings. The molecule has 0 radical (unpaired) electrons. The number of nitrogens with zero attached hydrogens (tertiary/aromatic N) is 4. The minimum atomic E-state index is 0.172. The van der Waals surface area contributed by atoms with E-state index in [0.717, 1.165) is 22.6 Å². The van der Waals surface area contributed by atoms with Gasteiger partial charge < -0.3 is 19.4 Å². The van der Waals surface area contributed by atoms with Crippen molar-refractivity contribution in [1.82, 2.24) is 19.9 Å². The van der Waals surface area contributed by atoms with Gasteiger partial charge >= 0.3 is 0 Å². The third kappa shape index (κ3) is 4.25. The van der Waals surface area contributed by atoms with Gasteiger partial charge in [-0.3, -0.25) is 0 Å². The summed E-state index contributed by atoms with van der Waals surface area (Å²) in [5.41, 5.74) is 3.50. The van der Waals surface area contributed by atoms with Crippen LogP contribution in [-0.4, -0.2) is 34.2 Å². The van der Waals surface area contributed by atoms with E-state index >= 15 is 0 Å². The van der Waals surface area contributed by atoms with Gasteiger partial charge in [-0.2, -0.15) is 9.97 Å². The van der Waals surface area contributed by atoms with Crippen molar-refractivity contribution < 1.29 is 9.47 Å². The Morgan fingerprint density at radius 3 is 1.93 bits per heavy atom. The van der Waals surface area contributed by atoms with Crippen molar-refractivity contribution in [2.75, 3.05) is 19.1 Å². The maximum atomic E-state index is 6.18. The summed E-state index contributed by atoms with van der Waals surface area (Å²) in [5, 5.41) is 0.172. The van der Waals surface area contributed by atoms with Crippen LogP contribution in [0, 0.1) is 0 Å². The summed E-state index contributed by atoms with van der Waals surface area (Å²) in [7, 11) is 3.31. The Kier molecular flexibility index (Phi) is 5.48. The smallest absolute Gasteiger partial charge is 0.226 e. The molecular formula is C21H20ClN5O2. The molecule has 2 aromatic carbocycles. The number of H-pyrrole nitrogens is 1. The highest BCUT2D eigenvalue weighted by molar-refractivity contribution is 6.28. The minimum Gasteiger partial charge on any atom is -0.497 e. The lowest BCUT2D eigenvalue weighted by Gasteiger charge is -2.24. The molecule has 0 unspecified atom stereocenters. The van der Waals surface area contributed by atoms with Crippen LogP contribution in [0.5, 0.6) is 11.5 Å². The number of hydrogen-bond donors (Lipinski definition) is 1. The first-order chi connectivity index (χ1) is 14.2. The van der Waals surface area contributed by atoms with Crippen molar-refractivity contribution in [2.45, 2.75) is 13.1 Å². The average molecular weight is 410 g/mol. The first-order valence-corrected chi connectivity index (χ1v) is 9.41. The predicted octanol–water partition coefficient (Wildman–Crippen LogP) is 4.23. The van der Waals surface area contributed by atoms with Crippen LogP contribution in [-0.2, 0) is 13.1 Å². The van der Waals surface area contributed by atoms with E-state index in [-0.39, 0.29) is 5.28 Å². The summed E-state index contributed by atoms with van der Waals surface area (Å²) in [5.74, 6) is 2.30. The number of rotatable bonds is 7. The highest BCUT2D eigenvalue weighted by Gasteiger charge is 2.17. The molecule has 8 heteroatoms. The normalized spacial score (nSPS) is 10.9. The Balaban J connectivity index is 1.71. The molecule has 0 saturated heterocycles. The maximum Gasteiger partial charge on any atom is 0.226 e. The summed E-state index contributed by atoms with van der Waals surface area (Å²) in [6, 6.07) is 15.9. The lowest BCUT2D eigenvalue weighted by Crippen LogP contribution is -2.24. The van der Waals surface area contributed by atoms with Gasteiger partial charge in [0.25, 0.3) is 0 Å². The fourth-order valence-corrected chi connectivity index (χ4v) is 3.29. The Bertz CT molecular complexity index is 1050. The number of fused-ring (bicyclic) bond motifs is 1. The van der Waals surface area contributed by atoms with E-state index in [9.17, 15) is 0 Å². The van der Waals surface area contributed by atoms with Gasteiger partial charge in [0.15, 0.2) is 17.0 Å². The first-order valence-electron chi connectivity index (χ1n) is 9.03. The van der Waals surface area contributed by atoms with E-state index in [4.69, 9.17) is 21.1 Å². The van der Waals surface area contributed by atoms with E-state index in [2.05, 4.69) is 24.8 Å². The van der Waals surface area contributed by atoms with Gasteiger partial charge in [0, 0.05) is 13.1 Å². The van der Waals surface area contributed by atoms with Crippen molar-refractivity contribution in [1.29, 1.82) is 0 Å². The molecule has 7 nitrogen and oxygen atoms in total. The molecule has 0 fully saturated rings. The second-order valence-corrected chi connectivity index (χ2v) is 6.81. The monoisotopic (exact) mass is 409 g/mol. The van der Waals surface area contributed by atoms with Crippen LogP contribution >= 0.6 is 11.6 Å². The zero-order valence-corrected chi connectivity index (χ0v) is 16.8. The molecule has 0 aliphatic carbocycles. The van der Waals surface area contributed by atoms with E-state index in [1.165, 1.54) is 0 Å². The van der Waals surface area contributed by atoms with Crippen molar-refractivity contribution in [3.05, 3.63) is 71.3 Å². The number of anilines is 1. The maximum absolute atomic E-state index is 6.18. The van der Waals surface area contributed by atoms with Gasteiger partial charge in [-0.05, 0) is 47.0 Å². The van der Waals surface area contributed by atoms with Crippen LogP contribution in [0.1, 0.15) is 11.1 Å². The van der Waals surface area contributed by atoms with Gasteiger partial charge in [-0.25, -0.2) is 4.98 Å². The Morgan fingerprint density at radius 1 is 0.862 bits per heavy atom. The third-order valence-electron chi connectivity index (χ3n) is 4.60. The van der Waals surface area contributed by atoms with Crippen molar-refractivity contribution >= 4 is 28.6 Å². The topological polar surface area (TPSA) is 76.2 Å².